The average Bonchev–Trinajstić information content (AvgIpc) is 2.29. The zero-order valence-electron chi connectivity index (χ0n) is 9.36. The van der Waals surface area contributed by atoms with Gasteiger partial charge in [-0.3, -0.25) is 0 Å². The fourth-order valence-corrected chi connectivity index (χ4v) is 1.89. The zero-order chi connectivity index (χ0) is 11.1. The van der Waals surface area contributed by atoms with Gasteiger partial charge >= 0.3 is 0 Å². The van der Waals surface area contributed by atoms with E-state index in [9.17, 15) is 0 Å². The second-order valence-electron chi connectivity index (χ2n) is 3.13. The van der Waals surface area contributed by atoms with Crippen LogP contribution < -0.4 is 10.1 Å². The number of rotatable bonds is 6. The van der Waals surface area contributed by atoms with Crippen LogP contribution in [-0.2, 0) is 0 Å². The molecule has 0 aromatic carbocycles. The molecule has 5 heteroatoms. The maximum Gasteiger partial charge on any atom is 0.226 e. The van der Waals surface area contributed by atoms with E-state index >= 15 is 0 Å². The highest BCUT2D eigenvalue weighted by molar-refractivity contribution is 7.98. The standard InChI is InChI=1S/C10H17N3OS/c1-4-8(7-15-3)12-10-11-6-5-9(13-10)14-2/h5-6,8H,4,7H2,1-3H3,(H,11,12,13)/t8-/m0/s1. The van der Waals surface area contributed by atoms with Gasteiger partial charge in [-0.25, -0.2) is 4.98 Å². The van der Waals surface area contributed by atoms with Crippen molar-refractivity contribution in [2.45, 2.75) is 19.4 Å². The third-order valence-corrected chi connectivity index (χ3v) is 2.77. The largest absolute Gasteiger partial charge is 0.481 e. The van der Waals surface area contributed by atoms with Gasteiger partial charge in [-0.05, 0) is 12.7 Å². The predicted molar refractivity (Wildman–Crippen MR) is 64.7 cm³/mol. The van der Waals surface area contributed by atoms with E-state index in [-0.39, 0.29) is 0 Å². The first kappa shape index (κ1) is 12.1. The molecule has 1 aromatic rings. The van der Waals surface area contributed by atoms with Gasteiger partial charge in [0.05, 0.1) is 7.11 Å². The lowest BCUT2D eigenvalue weighted by Gasteiger charge is -2.15. The van der Waals surface area contributed by atoms with Gasteiger partial charge in [0.1, 0.15) is 0 Å². The number of anilines is 1. The topological polar surface area (TPSA) is 47.0 Å². The molecule has 0 aliphatic heterocycles. The summed E-state index contributed by atoms with van der Waals surface area (Å²) in [6, 6.07) is 2.15. The molecule has 0 saturated carbocycles. The van der Waals surface area contributed by atoms with Crippen molar-refractivity contribution in [2.75, 3.05) is 24.4 Å². The van der Waals surface area contributed by atoms with Crippen molar-refractivity contribution in [3.63, 3.8) is 0 Å². The van der Waals surface area contributed by atoms with E-state index in [0.717, 1.165) is 12.2 Å². The molecular formula is C10H17N3OS. The Morgan fingerprint density at radius 3 is 3.00 bits per heavy atom. The first-order chi connectivity index (χ1) is 7.30. The third-order valence-electron chi connectivity index (χ3n) is 2.03. The van der Waals surface area contributed by atoms with E-state index in [1.54, 1.807) is 19.4 Å². The molecule has 0 aliphatic rings. The van der Waals surface area contributed by atoms with Crippen LogP contribution in [0.15, 0.2) is 12.3 Å². The van der Waals surface area contributed by atoms with Crippen LogP contribution in [0.1, 0.15) is 13.3 Å². The van der Waals surface area contributed by atoms with E-state index in [2.05, 4.69) is 28.5 Å². The minimum absolute atomic E-state index is 0.409. The van der Waals surface area contributed by atoms with Gasteiger partial charge in [0, 0.05) is 24.1 Å². The molecular weight excluding hydrogens is 210 g/mol. The molecule has 0 saturated heterocycles. The molecule has 84 valence electrons. The Labute approximate surface area is 94.8 Å². The van der Waals surface area contributed by atoms with Gasteiger partial charge in [-0.15, -0.1) is 0 Å². The van der Waals surface area contributed by atoms with Crippen molar-refractivity contribution >= 4 is 17.7 Å². The summed E-state index contributed by atoms with van der Waals surface area (Å²) < 4.78 is 5.03. The summed E-state index contributed by atoms with van der Waals surface area (Å²) >= 11 is 1.81. The summed E-state index contributed by atoms with van der Waals surface area (Å²) in [7, 11) is 1.60. The minimum atomic E-state index is 0.409. The molecule has 0 radical (unpaired) electrons. The van der Waals surface area contributed by atoms with Crippen molar-refractivity contribution in [3.05, 3.63) is 12.3 Å². The highest BCUT2D eigenvalue weighted by atomic mass is 32.2. The average molecular weight is 227 g/mol. The maximum absolute atomic E-state index is 5.03. The predicted octanol–water partition coefficient (Wildman–Crippen LogP) is 2.04. The van der Waals surface area contributed by atoms with E-state index in [4.69, 9.17) is 4.74 Å². The Balaban J connectivity index is 2.61. The molecule has 1 N–H and O–H groups in total. The highest BCUT2D eigenvalue weighted by Crippen LogP contribution is 2.11. The first-order valence-electron chi connectivity index (χ1n) is 4.92. The van der Waals surface area contributed by atoms with Crippen LogP contribution in [0.25, 0.3) is 0 Å². The molecule has 1 heterocycles. The third kappa shape index (κ3) is 3.95. The summed E-state index contributed by atoms with van der Waals surface area (Å²) in [6.45, 7) is 2.15. The Hall–Kier alpha value is -0.970. The van der Waals surface area contributed by atoms with Gasteiger partial charge in [0.25, 0.3) is 0 Å². The highest BCUT2D eigenvalue weighted by Gasteiger charge is 2.07. The Kier molecular flexibility index (Phi) is 5.25. The summed E-state index contributed by atoms with van der Waals surface area (Å²) in [4.78, 5) is 8.35. The molecule has 15 heavy (non-hydrogen) atoms. The summed E-state index contributed by atoms with van der Waals surface area (Å²) in [5, 5.41) is 3.28. The van der Waals surface area contributed by atoms with Crippen LogP contribution in [0.4, 0.5) is 5.95 Å². The SMILES string of the molecule is CC[C@@H](CSC)Nc1nccc(OC)n1. The fourth-order valence-electron chi connectivity index (χ4n) is 1.17. The van der Waals surface area contributed by atoms with Gasteiger partial charge in [0.2, 0.25) is 11.8 Å². The number of thioether (sulfide) groups is 1. The monoisotopic (exact) mass is 227 g/mol. The molecule has 0 aliphatic carbocycles. The smallest absolute Gasteiger partial charge is 0.226 e. The van der Waals surface area contributed by atoms with Crippen molar-refractivity contribution in [3.8, 4) is 5.88 Å². The molecule has 1 rings (SSSR count). The van der Waals surface area contributed by atoms with Crippen LogP contribution in [0.5, 0.6) is 5.88 Å². The first-order valence-corrected chi connectivity index (χ1v) is 6.32. The molecule has 4 nitrogen and oxygen atoms in total. The number of aromatic nitrogens is 2. The zero-order valence-corrected chi connectivity index (χ0v) is 10.2. The van der Waals surface area contributed by atoms with Crippen molar-refractivity contribution in [1.82, 2.24) is 9.97 Å². The number of hydrogen-bond donors (Lipinski definition) is 1. The van der Waals surface area contributed by atoms with Crippen LogP contribution in [0, 0.1) is 0 Å². The number of hydrogen-bond acceptors (Lipinski definition) is 5. The fraction of sp³-hybridized carbons (Fsp3) is 0.600. The summed E-state index contributed by atoms with van der Waals surface area (Å²) in [6.07, 6.45) is 4.85. The molecule has 0 unspecified atom stereocenters. The summed E-state index contributed by atoms with van der Waals surface area (Å²) in [5.74, 6) is 2.28. The molecule has 1 atom stereocenters. The summed E-state index contributed by atoms with van der Waals surface area (Å²) in [5.41, 5.74) is 0. The molecule has 0 spiro atoms. The number of methoxy groups -OCH3 is 1. The lowest BCUT2D eigenvalue weighted by Crippen LogP contribution is -2.22. The lowest BCUT2D eigenvalue weighted by atomic mass is 10.3. The quantitative estimate of drug-likeness (QED) is 0.806. The van der Waals surface area contributed by atoms with Gasteiger partial charge < -0.3 is 10.1 Å². The molecule has 0 fully saturated rings. The van der Waals surface area contributed by atoms with Gasteiger partial charge in [-0.2, -0.15) is 16.7 Å². The van der Waals surface area contributed by atoms with Crippen LogP contribution in [0.3, 0.4) is 0 Å². The second-order valence-corrected chi connectivity index (χ2v) is 4.04. The van der Waals surface area contributed by atoms with Crippen molar-refractivity contribution < 1.29 is 4.74 Å². The van der Waals surface area contributed by atoms with Gasteiger partial charge in [0.15, 0.2) is 0 Å². The van der Waals surface area contributed by atoms with Crippen molar-refractivity contribution in [2.24, 2.45) is 0 Å². The van der Waals surface area contributed by atoms with Crippen LogP contribution in [-0.4, -0.2) is 35.1 Å². The Morgan fingerprint density at radius 2 is 2.40 bits per heavy atom. The minimum Gasteiger partial charge on any atom is -0.481 e. The van der Waals surface area contributed by atoms with Crippen LogP contribution in [0.2, 0.25) is 0 Å². The number of ether oxygens (including phenoxy) is 1. The number of nitrogens with one attached hydrogen (secondary N) is 1. The van der Waals surface area contributed by atoms with Gasteiger partial charge in [-0.1, -0.05) is 6.92 Å². The Bertz CT molecular complexity index is 296. The van der Waals surface area contributed by atoms with E-state index < -0.39 is 0 Å². The Morgan fingerprint density at radius 1 is 1.60 bits per heavy atom. The van der Waals surface area contributed by atoms with Crippen LogP contribution >= 0.6 is 11.8 Å². The normalized spacial score (nSPS) is 12.2. The van der Waals surface area contributed by atoms with E-state index in [1.807, 2.05) is 11.8 Å². The maximum atomic E-state index is 5.03. The molecule has 0 amide bonds. The van der Waals surface area contributed by atoms with E-state index in [0.29, 0.717) is 17.9 Å². The number of nitrogens with zero attached hydrogens (tertiary/aromatic N) is 2. The molecule has 1 aromatic heterocycles. The second kappa shape index (κ2) is 6.50. The molecule has 0 bridgehead atoms. The van der Waals surface area contributed by atoms with E-state index in [1.165, 1.54) is 0 Å². The van der Waals surface area contributed by atoms with Crippen molar-refractivity contribution in [1.29, 1.82) is 0 Å². The lowest BCUT2D eigenvalue weighted by molar-refractivity contribution is 0.397.